The van der Waals surface area contributed by atoms with E-state index in [-0.39, 0.29) is 0 Å². The Morgan fingerprint density at radius 2 is 0.684 bits per heavy atom. The summed E-state index contributed by atoms with van der Waals surface area (Å²) in [6, 6.07) is 25.3. The molecule has 0 aromatic heterocycles. The highest BCUT2D eigenvalue weighted by Gasteiger charge is 2.30. The molecule has 0 saturated heterocycles. The van der Waals surface area contributed by atoms with Crippen LogP contribution in [0.15, 0.2) is 127 Å². The highest BCUT2D eigenvalue weighted by molar-refractivity contribution is 5.87. The first kappa shape index (κ1) is 25.3. The smallest absolute Gasteiger partial charge is 0.166 e. The lowest BCUT2D eigenvalue weighted by molar-refractivity contribution is -0.138. The van der Waals surface area contributed by atoms with Gasteiger partial charge in [0.2, 0.25) is 0 Å². The SMILES string of the molecule is FC(F)(F)c1ccc(-c2ccc(C(=C3C=CC=C3)c3ccc(-c4ccc(C(F)(F)F)cc4)cc3)cc2)cc1. The van der Waals surface area contributed by atoms with Gasteiger partial charge in [-0.1, -0.05) is 97.1 Å². The molecule has 0 bridgehead atoms. The summed E-state index contributed by atoms with van der Waals surface area (Å²) in [5.41, 5.74) is 5.38. The Balaban J connectivity index is 1.44. The van der Waals surface area contributed by atoms with Crippen LogP contribution < -0.4 is 0 Å². The fraction of sp³-hybridized carbons (Fsp3) is 0.0625. The highest BCUT2D eigenvalue weighted by atomic mass is 19.4. The van der Waals surface area contributed by atoms with Crippen LogP contribution in [0.1, 0.15) is 22.3 Å². The minimum atomic E-state index is -4.38. The molecule has 6 heteroatoms. The molecule has 0 radical (unpaired) electrons. The zero-order chi connectivity index (χ0) is 26.9. The first-order valence-corrected chi connectivity index (χ1v) is 11.7. The number of benzene rings is 4. The predicted octanol–water partition coefficient (Wildman–Crippen LogP) is 9.99. The molecule has 0 heterocycles. The largest absolute Gasteiger partial charge is 0.416 e. The summed E-state index contributed by atoms with van der Waals surface area (Å²) in [5, 5.41) is 0. The van der Waals surface area contributed by atoms with E-state index in [1.165, 1.54) is 24.3 Å². The van der Waals surface area contributed by atoms with Gasteiger partial charge in [0.05, 0.1) is 11.1 Å². The van der Waals surface area contributed by atoms with Crippen molar-refractivity contribution in [2.45, 2.75) is 12.4 Å². The van der Waals surface area contributed by atoms with Gasteiger partial charge in [-0.15, -0.1) is 0 Å². The third-order valence-corrected chi connectivity index (χ3v) is 6.39. The maximum Gasteiger partial charge on any atom is 0.416 e. The molecule has 0 aliphatic heterocycles. The molecule has 0 N–H and O–H groups in total. The van der Waals surface area contributed by atoms with E-state index >= 15 is 0 Å². The molecular weight excluding hydrogens is 498 g/mol. The maximum atomic E-state index is 12.9. The second-order valence-corrected chi connectivity index (χ2v) is 8.85. The molecule has 1 aliphatic carbocycles. The molecule has 0 nitrogen and oxygen atoms in total. The number of allylic oxidation sites excluding steroid dienone is 5. The van der Waals surface area contributed by atoms with Crippen LogP contribution >= 0.6 is 0 Å². The summed E-state index contributed by atoms with van der Waals surface area (Å²) in [5.74, 6) is 0. The average molecular weight is 519 g/mol. The van der Waals surface area contributed by atoms with E-state index < -0.39 is 23.5 Å². The zero-order valence-electron chi connectivity index (χ0n) is 19.8. The maximum absolute atomic E-state index is 12.9. The summed E-state index contributed by atoms with van der Waals surface area (Å²) in [7, 11) is 0. The van der Waals surface area contributed by atoms with Crippen LogP contribution in [0, 0.1) is 0 Å². The normalized spacial score (nSPS) is 13.3. The van der Waals surface area contributed by atoms with Crippen LogP contribution in [0.4, 0.5) is 26.3 Å². The number of rotatable bonds is 4. The van der Waals surface area contributed by atoms with Crippen LogP contribution in [-0.2, 0) is 12.4 Å². The average Bonchev–Trinajstić information content (AvgIpc) is 3.43. The summed E-state index contributed by atoms with van der Waals surface area (Å²) >= 11 is 0. The summed E-state index contributed by atoms with van der Waals surface area (Å²) in [4.78, 5) is 0. The van der Waals surface area contributed by atoms with Gasteiger partial charge in [-0.3, -0.25) is 0 Å². The Morgan fingerprint density at radius 3 is 0.974 bits per heavy atom. The van der Waals surface area contributed by atoms with E-state index in [0.717, 1.165) is 57.7 Å². The van der Waals surface area contributed by atoms with Crippen LogP contribution in [0.5, 0.6) is 0 Å². The van der Waals surface area contributed by atoms with Gasteiger partial charge in [0.1, 0.15) is 0 Å². The molecule has 38 heavy (non-hydrogen) atoms. The molecular formula is C32H20F6. The minimum absolute atomic E-state index is 0.681. The van der Waals surface area contributed by atoms with Gasteiger partial charge >= 0.3 is 12.4 Å². The Morgan fingerprint density at radius 1 is 0.395 bits per heavy atom. The van der Waals surface area contributed by atoms with Gasteiger partial charge in [0, 0.05) is 0 Å². The molecule has 0 unspecified atom stereocenters. The predicted molar refractivity (Wildman–Crippen MR) is 138 cm³/mol. The second-order valence-electron chi connectivity index (χ2n) is 8.85. The Hall–Kier alpha value is -4.32. The first-order chi connectivity index (χ1) is 18.1. The molecule has 0 saturated carbocycles. The highest BCUT2D eigenvalue weighted by Crippen LogP contribution is 2.35. The van der Waals surface area contributed by atoms with E-state index in [2.05, 4.69) is 0 Å². The quantitative estimate of drug-likeness (QED) is 0.236. The van der Waals surface area contributed by atoms with Crippen molar-refractivity contribution in [3.05, 3.63) is 149 Å². The number of halogens is 6. The van der Waals surface area contributed by atoms with Crippen molar-refractivity contribution in [1.29, 1.82) is 0 Å². The van der Waals surface area contributed by atoms with E-state index in [1.807, 2.05) is 72.8 Å². The van der Waals surface area contributed by atoms with Crippen LogP contribution in [0.3, 0.4) is 0 Å². The summed E-state index contributed by atoms with van der Waals surface area (Å²) in [6.45, 7) is 0. The van der Waals surface area contributed by atoms with Crippen LogP contribution in [0.2, 0.25) is 0 Å². The topological polar surface area (TPSA) is 0 Å². The van der Waals surface area contributed by atoms with Crippen molar-refractivity contribution in [1.82, 2.24) is 0 Å². The molecule has 4 aromatic rings. The first-order valence-electron chi connectivity index (χ1n) is 11.7. The molecule has 0 atom stereocenters. The molecule has 190 valence electrons. The number of hydrogen-bond acceptors (Lipinski definition) is 0. The molecule has 5 rings (SSSR count). The number of alkyl halides is 6. The Bertz CT molecular complexity index is 1400. The zero-order valence-corrected chi connectivity index (χ0v) is 19.8. The Labute approximate surface area is 215 Å². The lowest BCUT2D eigenvalue weighted by Gasteiger charge is -2.14. The Kier molecular flexibility index (Phi) is 6.57. The summed E-state index contributed by atoms with van der Waals surface area (Å²) < 4.78 is 77.4. The molecule has 0 fully saturated rings. The lowest BCUT2D eigenvalue weighted by atomic mass is 9.91. The van der Waals surface area contributed by atoms with E-state index in [0.29, 0.717) is 11.1 Å². The molecule has 0 spiro atoms. The molecule has 1 aliphatic rings. The van der Waals surface area contributed by atoms with Crippen molar-refractivity contribution in [2.75, 3.05) is 0 Å². The third kappa shape index (κ3) is 5.35. The van der Waals surface area contributed by atoms with Gasteiger partial charge in [-0.05, 0) is 68.8 Å². The van der Waals surface area contributed by atoms with Crippen molar-refractivity contribution in [3.8, 4) is 22.3 Å². The van der Waals surface area contributed by atoms with E-state index in [1.54, 1.807) is 0 Å². The van der Waals surface area contributed by atoms with Gasteiger partial charge in [0.15, 0.2) is 0 Å². The van der Waals surface area contributed by atoms with Crippen molar-refractivity contribution in [3.63, 3.8) is 0 Å². The summed E-state index contributed by atoms with van der Waals surface area (Å²) in [6.07, 6.45) is -0.918. The van der Waals surface area contributed by atoms with Gasteiger partial charge in [-0.2, -0.15) is 26.3 Å². The number of hydrogen-bond donors (Lipinski definition) is 0. The van der Waals surface area contributed by atoms with Crippen LogP contribution in [0.25, 0.3) is 27.8 Å². The standard InChI is InChI=1S/C32H20F6/c33-31(34,35)28-17-13-23(14-18-28)21-5-9-26(10-6-21)30(25-3-1-2-4-25)27-11-7-22(8-12-27)24-15-19-29(20-16-24)32(36,37)38/h1-20H. The molecule has 0 amide bonds. The minimum Gasteiger partial charge on any atom is -0.166 e. The van der Waals surface area contributed by atoms with Gasteiger partial charge in [0.25, 0.3) is 0 Å². The van der Waals surface area contributed by atoms with Gasteiger partial charge < -0.3 is 0 Å². The van der Waals surface area contributed by atoms with Crippen LogP contribution in [-0.4, -0.2) is 0 Å². The van der Waals surface area contributed by atoms with Crippen molar-refractivity contribution in [2.24, 2.45) is 0 Å². The second kappa shape index (κ2) is 9.86. The monoisotopic (exact) mass is 518 g/mol. The third-order valence-electron chi connectivity index (χ3n) is 6.39. The lowest BCUT2D eigenvalue weighted by Crippen LogP contribution is -2.04. The fourth-order valence-electron chi connectivity index (χ4n) is 4.40. The van der Waals surface area contributed by atoms with Crippen molar-refractivity contribution < 1.29 is 26.3 Å². The molecule has 4 aromatic carbocycles. The van der Waals surface area contributed by atoms with Crippen molar-refractivity contribution >= 4 is 5.57 Å². The van der Waals surface area contributed by atoms with E-state index in [9.17, 15) is 26.3 Å². The van der Waals surface area contributed by atoms with E-state index in [4.69, 9.17) is 0 Å². The van der Waals surface area contributed by atoms with Gasteiger partial charge in [-0.25, -0.2) is 0 Å². The fourth-order valence-corrected chi connectivity index (χ4v) is 4.40.